The summed E-state index contributed by atoms with van der Waals surface area (Å²) < 4.78 is 5.58. The molecular weight excluding hydrogens is 224 g/mol. The van der Waals surface area contributed by atoms with Crippen LogP contribution in [0.5, 0.6) is 5.75 Å². The number of nitrogens with one attached hydrogen (secondary N) is 2. The van der Waals surface area contributed by atoms with Gasteiger partial charge in [-0.3, -0.25) is 0 Å². The molecular formula is C15H26N2O. The maximum atomic E-state index is 5.58. The molecule has 0 aliphatic rings. The maximum Gasteiger partial charge on any atom is 0.125 e. The normalized spacial score (nSPS) is 10.7. The van der Waals surface area contributed by atoms with E-state index in [1.165, 1.54) is 22.3 Å². The molecule has 0 aliphatic heterocycles. The number of hydrogen-bond donors (Lipinski definition) is 2. The molecule has 0 aliphatic carbocycles. The van der Waals surface area contributed by atoms with E-state index >= 15 is 0 Å². The minimum absolute atomic E-state index is 0.987. The molecule has 3 heteroatoms. The molecule has 0 unspecified atom stereocenters. The zero-order chi connectivity index (χ0) is 13.5. The summed E-state index contributed by atoms with van der Waals surface area (Å²) in [5.74, 6) is 1.06. The lowest BCUT2D eigenvalue weighted by molar-refractivity contribution is 0.405. The monoisotopic (exact) mass is 250 g/mol. The highest BCUT2D eigenvalue weighted by Crippen LogP contribution is 2.29. The van der Waals surface area contributed by atoms with Crippen molar-refractivity contribution in [3.8, 4) is 5.75 Å². The zero-order valence-electron chi connectivity index (χ0n) is 12.3. The average molecular weight is 250 g/mol. The number of methoxy groups -OCH3 is 1. The molecule has 0 saturated carbocycles. The molecule has 0 radical (unpaired) electrons. The van der Waals surface area contributed by atoms with Crippen LogP contribution in [0.25, 0.3) is 0 Å². The van der Waals surface area contributed by atoms with Crippen molar-refractivity contribution in [1.29, 1.82) is 0 Å². The largest absolute Gasteiger partial charge is 0.496 e. The van der Waals surface area contributed by atoms with Gasteiger partial charge >= 0.3 is 0 Å². The summed E-state index contributed by atoms with van der Waals surface area (Å²) in [7, 11) is 3.73. The van der Waals surface area contributed by atoms with Crippen molar-refractivity contribution < 1.29 is 4.74 Å². The molecule has 0 saturated heterocycles. The van der Waals surface area contributed by atoms with Crippen LogP contribution in [0.2, 0.25) is 0 Å². The number of rotatable bonds is 7. The molecule has 0 heterocycles. The van der Waals surface area contributed by atoms with Gasteiger partial charge in [0, 0.05) is 13.1 Å². The van der Waals surface area contributed by atoms with Gasteiger partial charge in [0.2, 0.25) is 0 Å². The number of likely N-dealkylation sites (N-methyl/N-ethyl adjacent to an activating group) is 1. The number of ether oxygens (including phenoxy) is 1. The summed E-state index contributed by atoms with van der Waals surface area (Å²) >= 11 is 0. The number of benzene rings is 1. The Morgan fingerprint density at radius 2 is 1.78 bits per heavy atom. The second kappa shape index (κ2) is 7.39. The Morgan fingerprint density at radius 3 is 2.39 bits per heavy atom. The van der Waals surface area contributed by atoms with Gasteiger partial charge in [0.1, 0.15) is 5.75 Å². The first-order chi connectivity index (χ1) is 8.61. The Balaban J connectivity index is 2.72. The van der Waals surface area contributed by atoms with Crippen LogP contribution in [0.15, 0.2) is 6.07 Å². The summed E-state index contributed by atoms with van der Waals surface area (Å²) in [5.41, 5.74) is 5.22. The van der Waals surface area contributed by atoms with Gasteiger partial charge < -0.3 is 15.4 Å². The van der Waals surface area contributed by atoms with Crippen molar-refractivity contribution in [2.45, 2.75) is 27.2 Å². The Bertz CT molecular complexity index is 389. The van der Waals surface area contributed by atoms with E-state index in [9.17, 15) is 0 Å². The Kier molecular flexibility index (Phi) is 6.16. The van der Waals surface area contributed by atoms with Crippen molar-refractivity contribution in [3.05, 3.63) is 28.3 Å². The first kappa shape index (κ1) is 15.0. The SMILES string of the molecule is CNCCNCCc1c(C)cc(C)c(C)c1OC. The van der Waals surface area contributed by atoms with E-state index in [4.69, 9.17) is 4.74 Å². The van der Waals surface area contributed by atoms with Gasteiger partial charge in [-0.1, -0.05) is 6.07 Å². The zero-order valence-corrected chi connectivity index (χ0v) is 12.3. The third kappa shape index (κ3) is 3.72. The predicted molar refractivity (Wildman–Crippen MR) is 77.7 cm³/mol. The molecule has 1 rings (SSSR count). The van der Waals surface area contributed by atoms with Gasteiger partial charge in [0.25, 0.3) is 0 Å². The molecule has 0 fully saturated rings. The highest BCUT2D eigenvalue weighted by molar-refractivity contribution is 5.49. The summed E-state index contributed by atoms with van der Waals surface area (Å²) in [6.07, 6.45) is 1.01. The lowest BCUT2D eigenvalue weighted by Gasteiger charge is -2.17. The standard InChI is InChI=1S/C15H26N2O/c1-11-10-12(2)14(15(18-5)13(11)3)6-7-17-9-8-16-4/h10,16-17H,6-9H2,1-5H3. The van der Waals surface area contributed by atoms with Crippen molar-refractivity contribution >= 4 is 0 Å². The van der Waals surface area contributed by atoms with Crippen LogP contribution in [0.1, 0.15) is 22.3 Å². The fourth-order valence-corrected chi connectivity index (χ4v) is 2.24. The summed E-state index contributed by atoms with van der Waals surface area (Å²) in [4.78, 5) is 0. The molecule has 1 aromatic carbocycles. The van der Waals surface area contributed by atoms with E-state index in [0.717, 1.165) is 31.8 Å². The van der Waals surface area contributed by atoms with E-state index in [-0.39, 0.29) is 0 Å². The Hall–Kier alpha value is -1.06. The molecule has 3 nitrogen and oxygen atoms in total. The first-order valence-electron chi connectivity index (χ1n) is 6.60. The van der Waals surface area contributed by atoms with Crippen LogP contribution in [-0.2, 0) is 6.42 Å². The molecule has 0 atom stereocenters. The number of aryl methyl sites for hydroxylation is 2. The van der Waals surface area contributed by atoms with Crippen LogP contribution in [0, 0.1) is 20.8 Å². The van der Waals surface area contributed by atoms with Gasteiger partial charge in [0.15, 0.2) is 0 Å². The molecule has 102 valence electrons. The van der Waals surface area contributed by atoms with Gasteiger partial charge in [-0.25, -0.2) is 0 Å². The molecule has 18 heavy (non-hydrogen) atoms. The fraction of sp³-hybridized carbons (Fsp3) is 0.600. The van der Waals surface area contributed by atoms with Crippen LogP contribution in [0.3, 0.4) is 0 Å². The summed E-state index contributed by atoms with van der Waals surface area (Å²) in [6.45, 7) is 9.43. The summed E-state index contributed by atoms with van der Waals surface area (Å²) in [5, 5.41) is 6.56. The molecule has 2 N–H and O–H groups in total. The summed E-state index contributed by atoms with van der Waals surface area (Å²) in [6, 6.07) is 2.25. The van der Waals surface area contributed by atoms with E-state index in [1.807, 2.05) is 7.05 Å². The van der Waals surface area contributed by atoms with Crippen molar-refractivity contribution in [1.82, 2.24) is 10.6 Å². The topological polar surface area (TPSA) is 33.3 Å². The molecule has 0 spiro atoms. The smallest absolute Gasteiger partial charge is 0.125 e. The third-order valence-electron chi connectivity index (χ3n) is 3.42. The predicted octanol–water partition coefficient (Wildman–Crippen LogP) is 1.97. The Morgan fingerprint density at radius 1 is 1.06 bits per heavy atom. The van der Waals surface area contributed by atoms with Gasteiger partial charge in [-0.15, -0.1) is 0 Å². The molecule has 0 aromatic heterocycles. The van der Waals surface area contributed by atoms with Crippen LogP contribution < -0.4 is 15.4 Å². The van der Waals surface area contributed by atoms with Crippen LogP contribution >= 0.6 is 0 Å². The van der Waals surface area contributed by atoms with Gasteiger partial charge in [-0.05, 0) is 63.0 Å². The quantitative estimate of drug-likeness (QED) is 0.726. The van der Waals surface area contributed by atoms with Crippen LogP contribution in [0.4, 0.5) is 0 Å². The maximum absolute atomic E-state index is 5.58. The minimum atomic E-state index is 0.987. The third-order valence-corrected chi connectivity index (χ3v) is 3.42. The molecule has 0 bridgehead atoms. The lowest BCUT2D eigenvalue weighted by Crippen LogP contribution is -2.26. The van der Waals surface area contributed by atoms with Crippen molar-refractivity contribution in [3.63, 3.8) is 0 Å². The minimum Gasteiger partial charge on any atom is -0.496 e. The van der Waals surface area contributed by atoms with E-state index < -0.39 is 0 Å². The van der Waals surface area contributed by atoms with Crippen molar-refractivity contribution in [2.24, 2.45) is 0 Å². The molecule has 0 amide bonds. The van der Waals surface area contributed by atoms with Crippen molar-refractivity contribution in [2.75, 3.05) is 33.8 Å². The molecule has 1 aromatic rings. The van der Waals surface area contributed by atoms with E-state index in [0.29, 0.717) is 0 Å². The highest BCUT2D eigenvalue weighted by atomic mass is 16.5. The second-order valence-electron chi connectivity index (χ2n) is 4.75. The Labute approximate surface area is 111 Å². The van der Waals surface area contributed by atoms with E-state index in [1.54, 1.807) is 7.11 Å². The van der Waals surface area contributed by atoms with Gasteiger partial charge in [0.05, 0.1) is 7.11 Å². The first-order valence-corrected chi connectivity index (χ1v) is 6.60. The van der Waals surface area contributed by atoms with Crippen LogP contribution in [-0.4, -0.2) is 33.8 Å². The highest BCUT2D eigenvalue weighted by Gasteiger charge is 2.11. The van der Waals surface area contributed by atoms with Gasteiger partial charge in [-0.2, -0.15) is 0 Å². The average Bonchev–Trinajstić information content (AvgIpc) is 2.35. The van der Waals surface area contributed by atoms with E-state index in [2.05, 4.69) is 37.5 Å². The second-order valence-corrected chi connectivity index (χ2v) is 4.75. The lowest BCUT2D eigenvalue weighted by atomic mass is 9.97. The number of hydrogen-bond acceptors (Lipinski definition) is 3. The fourth-order valence-electron chi connectivity index (χ4n) is 2.24.